The Hall–Kier alpha value is -2.95. The summed E-state index contributed by atoms with van der Waals surface area (Å²) in [5.41, 5.74) is 5.61. The molecule has 0 aliphatic carbocycles. The van der Waals surface area contributed by atoms with Crippen LogP contribution in [-0.4, -0.2) is 50.7 Å². The van der Waals surface area contributed by atoms with E-state index in [9.17, 15) is 14.4 Å². The zero-order valence-corrected chi connectivity index (χ0v) is 13.6. The number of H-pyrrole nitrogens is 1. The van der Waals surface area contributed by atoms with E-state index < -0.39 is 35.9 Å². The third-order valence-electron chi connectivity index (χ3n) is 3.67. The lowest BCUT2D eigenvalue weighted by Crippen LogP contribution is -2.25. The Bertz CT molecular complexity index is 874. The van der Waals surface area contributed by atoms with E-state index in [-0.39, 0.29) is 17.9 Å². The average Bonchev–Trinajstić information content (AvgIpc) is 3.08. The zero-order valence-electron chi connectivity index (χ0n) is 13.6. The van der Waals surface area contributed by atoms with Crippen molar-refractivity contribution in [2.45, 2.75) is 38.7 Å². The van der Waals surface area contributed by atoms with Crippen molar-refractivity contribution in [1.82, 2.24) is 20.0 Å². The fraction of sp³-hybridized carbons (Fsp3) is 0.500. The Morgan fingerprint density at radius 3 is 2.88 bits per heavy atom. The fourth-order valence-electron chi connectivity index (χ4n) is 2.73. The highest BCUT2D eigenvalue weighted by atomic mass is 16.6. The van der Waals surface area contributed by atoms with Crippen molar-refractivity contribution in [1.29, 1.82) is 0 Å². The molecule has 3 atom stereocenters. The molecule has 11 heteroatoms. The van der Waals surface area contributed by atoms with E-state index in [1.54, 1.807) is 0 Å². The Morgan fingerprint density at radius 2 is 2.20 bits per heavy atom. The van der Waals surface area contributed by atoms with Crippen LogP contribution in [0.25, 0.3) is 11.0 Å². The summed E-state index contributed by atoms with van der Waals surface area (Å²) in [6.07, 6.45) is -1.69. The van der Waals surface area contributed by atoms with Crippen LogP contribution in [0.4, 0.5) is 5.82 Å². The standard InChI is InChI=1S/C14H17N5O6/c1-6(20)23-5-8-3-10(24-7(2)21)14(25-8)19-9-4-11(15)16-13(22)12(9)17-18-19/h4,8,10,14H,3,5H2,1-2H3,(H3,15,16,22)/t8-,10+,14+/m0/s1. The number of pyridine rings is 1. The van der Waals surface area contributed by atoms with Gasteiger partial charge in [0.05, 0.1) is 6.10 Å². The molecule has 1 saturated heterocycles. The molecule has 0 radical (unpaired) electrons. The molecule has 0 saturated carbocycles. The predicted octanol–water partition coefficient (Wildman–Crippen LogP) is -0.516. The molecule has 0 spiro atoms. The minimum atomic E-state index is -0.823. The molecule has 0 unspecified atom stereocenters. The van der Waals surface area contributed by atoms with Crippen LogP contribution >= 0.6 is 0 Å². The van der Waals surface area contributed by atoms with Gasteiger partial charge in [-0.25, -0.2) is 4.68 Å². The predicted molar refractivity (Wildman–Crippen MR) is 83.3 cm³/mol. The third-order valence-corrected chi connectivity index (χ3v) is 3.67. The molecule has 1 aliphatic rings. The number of nitrogens with one attached hydrogen (secondary N) is 1. The number of nitrogen functional groups attached to an aromatic ring is 1. The molecule has 0 amide bonds. The fourth-order valence-corrected chi connectivity index (χ4v) is 2.73. The Balaban J connectivity index is 1.93. The van der Waals surface area contributed by atoms with Crippen molar-refractivity contribution in [3.63, 3.8) is 0 Å². The maximum atomic E-state index is 11.9. The smallest absolute Gasteiger partial charge is 0.303 e. The first-order valence-electron chi connectivity index (χ1n) is 7.55. The van der Waals surface area contributed by atoms with Gasteiger partial charge in [0.15, 0.2) is 17.8 Å². The van der Waals surface area contributed by atoms with E-state index in [1.165, 1.54) is 24.6 Å². The van der Waals surface area contributed by atoms with Crippen LogP contribution in [0, 0.1) is 0 Å². The molecule has 3 heterocycles. The Kier molecular flexibility index (Phi) is 4.40. The van der Waals surface area contributed by atoms with Gasteiger partial charge in [-0.3, -0.25) is 14.4 Å². The third kappa shape index (κ3) is 3.45. The molecule has 25 heavy (non-hydrogen) atoms. The van der Waals surface area contributed by atoms with Gasteiger partial charge in [0.2, 0.25) is 0 Å². The van der Waals surface area contributed by atoms with Crippen LogP contribution in [0.5, 0.6) is 0 Å². The second-order valence-electron chi connectivity index (χ2n) is 5.66. The van der Waals surface area contributed by atoms with Crippen LogP contribution < -0.4 is 11.3 Å². The molecular formula is C14H17N5O6. The number of carbonyl (C=O) groups is 2. The number of rotatable bonds is 4. The zero-order chi connectivity index (χ0) is 18.1. The van der Waals surface area contributed by atoms with Crippen LogP contribution in [0.2, 0.25) is 0 Å². The normalized spacial score (nSPS) is 22.9. The Labute approximate surface area is 141 Å². The van der Waals surface area contributed by atoms with Crippen molar-refractivity contribution in [2.24, 2.45) is 0 Å². The first-order chi connectivity index (χ1) is 11.8. The number of aromatic amines is 1. The van der Waals surface area contributed by atoms with Gasteiger partial charge in [0.25, 0.3) is 5.56 Å². The molecule has 1 fully saturated rings. The highest BCUT2D eigenvalue weighted by molar-refractivity contribution is 5.75. The lowest BCUT2D eigenvalue weighted by atomic mass is 10.2. The Morgan fingerprint density at radius 1 is 1.44 bits per heavy atom. The number of nitrogens with zero attached hydrogens (tertiary/aromatic N) is 3. The summed E-state index contributed by atoms with van der Waals surface area (Å²) in [6, 6.07) is 1.49. The SMILES string of the molecule is CC(=O)OC[C@@H]1C[C@@H](OC(C)=O)[C@H](n2nnc3c(=O)[nH]c(N)cc32)O1. The number of hydrogen-bond donors (Lipinski definition) is 2. The topological polar surface area (TPSA) is 151 Å². The lowest BCUT2D eigenvalue weighted by molar-refractivity contribution is -0.153. The molecule has 1 aliphatic heterocycles. The van der Waals surface area contributed by atoms with E-state index in [0.29, 0.717) is 11.9 Å². The van der Waals surface area contributed by atoms with Gasteiger partial charge in [0, 0.05) is 26.3 Å². The molecule has 2 aromatic rings. The number of aromatic nitrogens is 4. The molecule has 3 rings (SSSR count). The van der Waals surface area contributed by atoms with Crippen LogP contribution in [0.1, 0.15) is 26.5 Å². The first kappa shape index (κ1) is 16.9. The second kappa shape index (κ2) is 6.51. The average molecular weight is 351 g/mol. The lowest BCUT2D eigenvalue weighted by Gasteiger charge is -2.18. The van der Waals surface area contributed by atoms with Gasteiger partial charge in [-0.05, 0) is 0 Å². The first-order valence-corrected chi connectivity index (χ1v) is 7.55. The minimum absolute atomic E-state index is 0.0128. The molecule has 0 bridgehead atoms. The number of carbonyl (C=O) groups excluding carboxylic acids is 2. The number of anilines is 1. The summed E-state index contributed by atoms with van der Waals surface area (Å²) in [4.78, 5) is 36.7. The van der Waals surface area contributed by atoms with Crippen LogP contribution in [0.15, 0.2) is 10.9 Å². The van der Waals surface area contributed by atoms with Crippen molar-refractivity contribution < 1.29 is 23.8 Å². The van der Waals surface area contributed by atoms with Crippen LogP contribution in [-0.2, 0) is 23.8 Å². The number of fused-ring (bicyclic) bond motifs is 1. The van der Waals surface area contributed by atoms with Crippen molar-refractivity contribution >= 4 is 28.8 Å². The summed E-state index contributed by atoms with van der Waals surface area (Å²) in [7, 11) is 0. The summed E-state index contributed by atoms with van der Waals surface area (Å²) >= 11 is 0. The quantitative estimate of drug-likeness (QED) is 0.693. The maximum absolute atomic E-state index is 11.9. The van der Waals surface area contributed by atoms with Crippen molar-refractivity contribution in [3.05, 3.63) is 16.4 Å². The van der Waals surface area contributed by atoms with Gasteiger partial charge in [-0.2, -0.15) is 0 Å². The highest BCUT2D eigenvalue weighted by Crippen LogP contribution is 2.32. The molecule has 11 nitrogen and oxygen atoms in total. The minimum Gasteiger partial charge on any atom is -0.463 e. The summed E-state index contributed by atoms with van der Waals surface area (Å²) < 4.78 is 17.4. The monoisotopic (exact) mass is 351 g/mol. The van der Waals surface area contributed by atoms with Crippen molar-refractivity contribution in [2.75, 3.05) is 12.3 Å². The molecular weight excluding hydrogens is 334 g/mol. The highest BCUT2D eigenvalue weighted by Gasteiger charge is 2.40. The number of hydrogen-bond acceptors (Lipinski definition) is 9. The van der Waals surface area contributed by atoms with Crippen LogP contribution in [0.3, 0.4) is 0 Å². The van der Waals surface area contributed by atoms with Gasteiger partial charge in [0.1, 0.15) is 17.9 Å². The number of esters is 2. The summed E-state index contributed by atoms with van der Waals surface area (Å²) in [5, 5.41) is 7.76. The maximum Gasteiger partial charge on any atom is 0.303 e. The molecule has 0 aromatic carbocycles. The van der Waals surface area contributed by atoms with Gasteiger partial charge >= 0.3 is 11.9 Å². The van der Waals surface area contributed by atoms with Gasteiger partial charge < -0.3 is 24.9 Å². The van der Waals surface area contributed by atoms with Gasteiger partial charge in [-0.1, -0.05) is 5.21 Å². The van der Waals surface area contributed by atoms with E-state index in [4.69, 9.17) is 19.9 Å². The summed E-state index contributed by atoms with van der Waals surface area (Å²) in [5.74, 6) is -0.797. The molecule has 134 valence electrons. The second-order valence-corrected chi connectivity index (χ2v) is 5.66. The van der Waals surface area contributed by atoms with E-state index >= 15 is 0 Å². The number of ether oxygens (including phenoxy) is 3. The van der Waals surface area contributed by atoms with Gasteiger partial charge in [-0.15, -0.1) is 5.10 Å². The molecule has 3 N–H and O–H groups in total. The summed E-state index contributed by atoms with van der Waals surface area (Å²) in [6.45, 7) is 2.58. The van der Waals surface area contributed by atoms with E-state index in [0.717, 1.165) is 0 Å². The number of nitrogens with two attached hydrogens (primary N) is 1. The van der Waals surface area contributed by atoms with E-state index in [2.05, 4.69) is 15.3 Å². The van der Waals surface area contributed by atoms with Crippen molar-refractivity contribution in [3.8, 4) is 0 Å². The van der Waals surface area contributed by atoms with E-state index in [1.807, 2.05) is 0 Å². The largest absolute Gasteiger partial charge is 0.463 e. The molecule has 2 aromatic heterocycles.